The normalized spacial score (nSPS) is 11.7. The zero-order valence-electron chi connectivity index (χ0n) is 11.8. The van der Waals surface area contributed by atoms with E-state index in [9.17, 15) is 13.2 Å². The molecule has 7 heteroatoms. The molecule has 1 N–H and O–H groups in total. The average molecular weight is 315 g/mol. The van der Waals surface area contributed by atoms with E-state index >= 15 is 0 Å². The summed E-state index contributed by atoms with van der Waals surface area (Å²) in [5.74, 6) is 0.514. The molecule has 0 spiro atoms. The van der Waals surface area contributed by atoms with Gasteiger partial charge in [-0.15, -0.1) is 0 Å². The molecule has 3 aromatic rings. The summed E-state index contributed by atoms with van der Waals surface area (Å²) in [6, 6.07) is 9.74. The fraction of sp³-hybridized carbons (Fsp3) is 0.133. The highest BCUT2D eigenvalue weighted by molar-refractivity contribution is 7.90. The van der Waals surface area contributed by atoms with Crippen LogP contribution in [0.3, 0.4) is 0 Å². The lowest BCUT2D eigenvalue weighted by Crippen LogP contribution is -2.06. The number of benzene rings is 1. The lowest BCUT2D eigenvalue weighted by Gasteiger charge is -2.04. The van der Waals surface area contributed by atoms with Crippen LogP contribution < -0.4 is 5.56 Å². The molecule has 0 fully saturated rings. The van der Waals surface area contributed by atoms with Crippen LogP contribution in [0.25, 0.3) is 11.0 Å². The third-order valence-electron chi connectivity index (χ3n) is 3.21. The predicted molar refractivity (Wildman–Crippen MR) is 82.5 cm³/mol. The lowest BCUT2D eigenvalue weighted by molar-refractivity contribution is 0.601. The number of aromatic amines is 1. The Morgan fingerprint density at radius 2 is 2.00 bits per heavy atom. The first kappa shape index (κ1) is 14.4. The summed E-state index contributed by atoms with van der Waals surface area (Å²) in [5.41, 5.74) is 1.04. The predicted octanol–water partition coefficient (Wildman–Crippen LogP) is 1.31. The molecular weight excluding hydrogens is 302 g/mol. The highest BCUT2D eigenvalue weighted by Crippen LogP contribution is 2.14. The third-order valence-corrected chi connectivity index (χ3v) is 4.32. The number of fused-ring (bicyclic) bond motifs is 1. The van der Waals surface area contributed by atoms with Crippen LogP contribution in [0.15, 0.2) is 52.3 Å². The van der Waals surface area contributed by atoms with E-state index in [1.807, 2.05) is 6.07 Å². The van der Waals surface area contributed by atoms with Crippen molar-refractivity contribution in [2.45, 2.75) is 11.3 Å². The molecule has 112 valence electrons. The van der Waals surface area contributed by atoms with Gasteiger partial charge in [0.15, 0.2) is 9.84 Å². The molecule has 2 heterocycles. The second-order valence-corrected chi connectivity index (χ2v) is 7.02. The molecule has 6 nitrogen and oxygen atoms in total. The zero-order chi connectivity index (χ0) is 15.7. The van der Waals surface area contributed by atoms with Gasteiger partial charge in [-0.05, 0) is 23.8 Å². The largest absolute Gasteiger partial charge is 0.306 e. The van der Waals surface area contributed by atoms with E-state index in [0.717, 1.165) is 10.9 Å². The maximum atomic E-state index is 11.6. The Kier molecular flexibility index (Phi) is 3.50. The molecule has 0 radical (unpaired) electrons. The van der Waals surface area contributed by atoms with Gasteiger partial charge in [-0.25, -0.2) is 18.4 Å². The first-order valence-corrected chi connectivity index (χ1v) is 8.45. The van der Waals surface area contributed by atoms with E-state index in [0.29, 0.717) is 17.9 Å². The number of nitrogens with one attached hydrogen (secondary N) is 1. The number of aromatic nitrogens is 3. The number of pyridine rings is 1. The van der Waals surface area contributed by atoms with Crippen molar-refractivity contribution < 1.29 is 8.42 Å². The van der Waals surface area contributed by atoms with Crippen molar-refractivity contribution in [1.82, 2.24) is 15.0 Å². The zero-order valence-corrected chi connectivity index (χ0v) is 12.6. The Hall–Kier alpha value is -2.54. The number of sulfone groups is 1. The van der Waals surface area contributed by atoms with Gasteiger partial charge in [0.1, 0.15) is 11.5 Å². The molecule has 0 unspecified atom stereocenters. The van der Waals surface area contributed by atoms with Crippen molar-refractivity contribution >= 4 is 20.9 Å². The maximum Gasteiger partial charge on any atom is 0.249 e. The minimum Gasteiger partial charge on any atom is -0.306 e. The lowest BCUT2D eigenvalue weighted by atomic mass is 10.1. The van der Waals surface area contributed by atoms with E-state index in [1.165, 1.54) is 12.3 Å². The molecule has 0 aliphatic rings. The Labute approximate surface area is 126 Å². The van der Waals surface area contributed by atoms with Crippen molar-refractivity contribution in [2.75, 3.05) is 6.26 Å². The summed E-state index contributed by atoms with van der Waals surface area (Å²) in [6.45, 7) is 0. The van der Waals surface area contributed by atoms with Gasteiger partial charge in [-0.1, -0.05) is 12.1 Å². The fourth-order valence-electron chi connectivity index (χ4n) is 2.13. The van der Waals surface area contributed by atoms with Gasteiger partial charge >= 0.3 is 0 Å². The second kappa shape index (κ2) is 5.34. The van der Waals surface area contributed by atoms with Crippen molar-refractivity contribution in [1.29, 1.82) is 0 Å². The van der Waals surface area contributed by atoms with Crippen LogP contribution >= 0.6 is 0 Å². The number of hydrogen-bond donors (Lipinski definition) is 1. The SMILES string of the molecule is CS(=O)(=O)c1cccc(Cc2ncc3ccc(=O)[nH]c3n2)c1. The van der Waals surface area contributed by atoms with Crippen LogP contribution in [0.1, 0.15) is 11.4 Å². The average Bonchev–Trinajstić information content (AvgIpc) is 2.46. The summed E-state index contributed by atoms with van der Waals surface area (Å²) in [5, 5.41) is 0.744. The van der Waals surface area contributed by atoms with Gasteiger partial charge in [-0.2, -0.15) is 0 Å². The van der Waals surface area contributed by atoms with E-state index in [1.54, 1.807) is 30.5 Å². The molecule has 0 amide bonds. The summed E-state index contributed by atoms with van der Waals surface area (Å²) in [7, 11) is -3.25. The molecule has 0 saturated carbocycles. The Balaban J connectivity index is 1.98. The van der Waals surface area contributed by atoms with Crippen molar-refractivity contribution in [2.24, 2.45) is 0 Å². The maximum absolute atomic E-state index is 11.6. The minimum absolute atomic E-state index is 0.226. The summed E-state index contributed by atoms with van der Waals surface area (Å²) >= 11 is 0. The molecule has 3 rings (SSSR count). The molecule has 2 aromatic heterocycles. The fourth-order valence-corrected chi connectivity index (χ4v) is 2.82. The monoisotopic (exact) mass is 315 g/mol. The molecule has 0 saturated heterocycles. The highest BCUT2D eigenvalue weighted by atomic mass is 32.2. The molecule has 22 heavy (non-hydrogen) atoms. The highest BCUT2D eigenvalue weighted by Gasteiger charge is 2.09. The number of H-pyrrole nitrogens is 1. The van der Waals surface area contributed by atoms with Crippen LogP contribution in [0.4, 0.5) is 0 Å². The van der Waals surface area contributed by atoms with E-state index in [4.69, 9.17) is 0 Å². The van der Waals surface area contributed by atoms with Gasteiger partial charge in [0.25, 0.3) is 0 Å². The summed E-state index contributed by atoms with van der Waals surface area (Å²) in [4.78, 5) is 22.8. The number of nitrogens with zero attached hydrogens (tertiary/aromatic N) is 2. The van der Waals surface area contributed by atoms with Crippen molar-refractivity contribution in [3.8, 4) is 0 Å². The van der Waals surface area contributed by atoms with E-state index < -0.39 is 9.84 Å². The quantitative estimate of drug-likeness (QED) is 0.786. The second-order valence-electron chi connectivity index (χ2n) is 5.01. The standard InChI is InChI=1S/C15H13N3O3S/c1-22(20,21)12-4-2-3-10(7-12)8-13-16-9-11-5-6-14(19)18-15(11)17-13/h2-7,9H,8H2,1H3,(H,16,17,18,19). The first-order chi connectivity index (χ1) is 10.4. The van der Waals surface area contributed by atoms with E-state index in [2.05, 4.69) is 15.0 Å². The van der Waals surface area contributed by atoms with Crippen LogP contribution in [-0.2, 0) is 16.3 Å². The Morgan fingerprint density at radius 3 is 2.77 bits per heavy atom. The molecule has 1 aromatic carbocycles. The molecule has 0 aliphatic heterocycles. The summed E-state index contributed by atoms with van der Waals surface area (Å²) in [6.07, 6.45) is 3.19. The first-order valence-electron chi connectivity index (χ1n) is 6.56. The molecule has 0 atom stereocenters. The van der Waals surface area contributed by atoms with E-state index in [-0.39, 0.29) is 10.5 Å². The van der Waals surface area contributed by atoms with Crippen LogP contribution in [0.5, 0.6) is 0 Å². The van der Waals surface area contributed by atoms with Crippen molar-refractivity contribution in [3.05, 3.63) is 64.3 Å². The number of hydrogen-bond acceptors (Lipinski definition) is 5. The Morgan fingerprint density at radius 1 is 1.18 bits per heavy atom. The van der Waals surface area contributed by atoms with Gasteiger partial charge in [0, 0.05) is 30.3 Å². The third kappa shape index (κ3) is 3.04. The van der Waals surface area contributed by atoms with Gasteiger partial charge < -0.3 is 4.98 Å². The molecule has 0 aliphatic carbocycles. The van der Waals surface area contributed by atoms with Gasteiger partial charge in [0.05, 0.1) is 4.90 Å². The number of rotatable bonds is 3. The molecule has 0 bridgehead atoms. The van der Waals surface area contributed by atoms with Crippen LogP contribution in [0, 0.1) is 0 Å². The molecular formula is C15H13N3O3S. The smallest absolute Gasteiger partial charge is 0.249 e. The Bertz CT molecular complexity index is 1010. The topological polar surface area (TPSA) is 92.8 Å². The van der Waals surface area contributed by atoms with Gasteiger partial charge in [-0.3, -0.25) is 4.79 Å². The minimum atomic E-state index is -3.25. The van der Waals surface area contributed by atoms with Gasteiger partial charge in [0.2, 0.25) is 5.56 Å². The van der Waals surface area contributed by atoms with Crippen molar-refractivity contribution in [3.63, 3.8) is 0 Å². The van der Waals surface area contributed by atoms with Crippen LogP contribution in [0.2, 0.25) is 0 Å². The summed E-state index contributed by atoms with van der Waals surface area (Å²) < 4.78 is 23.2. The van der Waals surface area contributed by atoms with Crippen LogP contribution in [-0.4, -0.2) is 29.6 Å².